The van der Waals surface area contributed by atoms with E-state index >= 15 is 0 Å². The molecule has 18 heavy (non-hydrogen) atoms. The van der Waals surface area contributed by atoms with Crippen molar-refractivity contribution in [2.24, 2.45) is 5.92 Å². The van der Waals surface area contributed by atoms with Crippen molar-refractivity contribution in [2.75, 3.05) is 11.4 Å². The first-order valence-electron chi connectivity index (χ1n) is 6.62. The van der Waals surface area contributed by atoms with Gasteiger partial charge in [-0.05, 0) is 37.1 Å². The highest BCUT2D eigenvalue weighted by Gasteiger charge is 2.31. The van der Waals surface area contributed by atoms with Crippen LogP contribution in [0.15, 0.2) is 22.7 Å². The highest BCUT2D eigenvalue weighted by Crippen LogP contribution is 2.31. The van der Waals surface area contributed by atoms with Gasteiger partial charge in [-0.1, -0.05) is 29.8 Å². The fourth-order valence-corrected chi connectivity index (χ4v) is 3.07. The van der Waals surface area contributed by atoms with E-state index in [1.807, 2.05) is 6.92 Å². The van der Waals surface area contributed by atoms with Gasteiger partial charge in [0.25, 0.3) is 0 Å². The lowest BCUT2D eigenvalue weighted by molar-refractivity contribution is -0.123. The van der Waals surface area contributed by atoms with Crippen LogP contribution in [0.3, 0.4) is 0 Å². The summed E-state index contributed by atoms with van der Waals surface area (Å²) in [6, 6.07) is 6.73. The largest absolute Gasteiger partial charge is 0.367 e. The number of halogens is 1. The zero-order valence-corrected chi connectivity index (χ0v) is 12.8. The van der Waals surface area contributed by atoms with Crippen LogP contribution in [-0.4, -0.2) is 18.4 Å². The number of rotatable bonds is 2. The molecule has 1 saturated heterocycles. The normalized spacial score (nSPS) is 24.4. The molecule has 3 heteroatoms. The predicted molar refractivity (Wildman–Crippen MR) is 79.1 cm³/mol. The second-order valence-electron chi connectivity index (χ2n) is 5.07. The fourth-order valence-electron chi connectivity index (χ4n) is 2.66. The predicted octanol–water partition coefficient (Wildman–Crippen LogP) is 3.82. The van der Waals surface area contributed by atoms with Crippen molar-refractivity contribution in [1.82, 2.24) is 0 Å². The van der Waals surface area contributed by atoms with Crippen molar-refractivity contribution < 1.29 is 4.79 Å². The van der Waals surface area contributed by atoms with Crippen LogP contribution in [0, 0.1) is 5.92 Å². The average Bonchev–Trinajstić information content (AvgIpc) is 2.37. The molecule has 0 radical (unpaired) electrons. The quantitative estimate of drug-likeness (QED) is 0.828. The number of aryl methyl sites for hydroxylation is 1. The first-order valence-corrected chi connectivity index (χ1v) is 7.41. The minimum Gasteiger partial charge on any atom is -0.367 e. The Kier molecular flexibility index (Phi) is 4.10. The third-order valence-electron chi connectivity index (χ3n) is 4.05. The van der Waals surface area contributed by atoms with Gasteiger partial charge < -0.3 is 4.90 Å². The smallest absolute Gasteiger partial charge is 0.139 e. The van der Waals surface area contributed by atoms with Gasteiger partial charge in [0.15, 0.2) is 0 Å². The van der Waals surface area contributed by atoms with E-state index in [0.717, 1.165) is 17.4 Å². The van der Waals surface area contributed by atoms with Gasteiger partial charge in [0.1, 0.15) is 5.78 Å². The Bertz CT molecular complexity index is 458. The number of carbonyl (C=O) groups is 1. The highest BCUT2D eigenvalue weighted by molar-refractivity contribution is 9.10. The molecule has 98 valence electrons. The first kappa shape index (κ1) is 13.6. The lowest BCUT2D eigenvalue weighted by Crippen LogP contribution is -2.47. The van der Waals surface area contributed by atoms with E-state index in [2.05, 4.69) is 52.9 Å². The van der Waals surface area contributed by atoms with Crippen LogP contribution < -0.4 is 4.90 Å². The molecule has 0 aromatic heterocycles. The van der Waals surface area contributed by atoms with Crippen molar-refractivity contribution in [3.63, 3.8) is 0 Å². The van der Waals surface area contributed by atoms with Gasteiger partial charge in [-0.3, -0.25) is 4.79 Å². The Balaban J connectivity index is 2.34. The number of anilines is 1. The molecule has 1 fully saturated rings. The Morgan fingerprint density at radius 2 is 2.11 bits per heavy atom. The summed E-state index contributed by atoms with van der Waals surface area (Å²) in [6.07, 6.45) is 1.69. The third kappa shape index (κ3) is 2.46. The number of piperidine rings is 1. The molecule has 0 aliphatic carbocycles. The van der Waals surface area contributed by atoms with Crippen molar-refractivity contribution in [1.29, 1.82) is 0 Å². The monoisotopic (exact) mass is 309 g/mol. The van der Waals surface area contributed by atoms with E-state index in [1.54, 1.807) is 0 Å². The summed E-state index contributed by atoms with van der Waals surface area (Å²) in [4.78, 5) is 14.1. The Morgan fingerprint density at radius 1 is 1.39 bits per heavy atom. The summed E-state index contributed by atoms with van der Waals surface area (Å²) in [6.45, 7) is 7.22. The van der Waals surface area contributed by atoms with E-state index in [-0.39, 0.29) is 12.0 Å². The molecular weight excluding hydrogens is 290 g/mol. The van der Waals surface area contributed by atoms with E-state index in [0.29, 0.717) is 12.2 Å². The lowest BCUT2D eigenvalue weighted by atomic mass is 9.89. The van der Waals surface area contributed by atoms with Gasteiger partial charge in [-0.15, -0.1) is 0 Å². The van der Waals surface area contributed by atoms with Crippen LogP contribution in [0.4, 0.5) is 5.69 Å². The van der Waals surface area contributed by atoms with Crippen LogP contribution in [0.2, 0.25) is 0 Å². The minimum absolute atomic E-state index is 0.132. The summed E-state index contributed by atoms with van der Waals surface area (Å²) in [5, 5.41) is 0. The van der Waals surface area contributed by atoms with Gasteiger partial charge >= 0.3 is 0 Å². The van der Waals surface area contributed by atoms with Crippen LogP contribution in [0.25, 0.3) is 0 Å². The van der Waals surface area contributed by atoms with Crippen LogP contribution in [0.1, 0.15) is 32.8 Å². The van der Waals surface area contributed by atoms with E-state index in [9.17, 15) is 4.79 Å². The maximum Gasteiger partial charge on any atom is 0.139 e. The molecule has 1 aromatic carbocycles. The molecule has 0 amide bonds. The van der Waals surface area contributed by atoms with E-state index < -0.39 is 0 Å². The van der Waals surface area contributed by atoms with Crippen LogP contribution in [-0.2, 0) is 11.2 Å². The first-order chi connectivity index (χ1) is 8.54. The molecule has 2 rings (SSSR count). The molecule has 0 N–H and O–H groups in total. The molecular formula is C15H20BrNO. The van der Waals surface area contributed by atoms with E-state index in [4.69, 9.17) is 0 Å². The minimum atomic E-state index is 0.132. The van der Waals surface area contributed by atoms with Gasteiger partial charge in [-0.2, -0.15) is 0 Å². The number of hydrogen-bond acceptors (Lipinski definition) is 2. The SMILES string of the molecule is CCc1cc(Br)ccc1N1CCC(=O)C(C)C1C. The molecule has 2 atom stereocenters. The van der Waals surface area contributed by atoms with Crippen molar-refractivity contribution in [3.8, 4) is 0 Å². The molecule has 0 bridgehead atoms. The summed E-state index contributed by atoms with van der Waals surface area (Å²) < 4.78 is 1.12. The van der Waals surface area contributed by atoms with Gasteiger partial charge in [0, 0.05) is 35.1 Å². The number of nitrogens with zero attached hydrogens (tertiary/aromatic N) is 1. The van der Waals surface area contributed by atoms with Crippen LogP contribution >= 0.6 is 15.9 Å². The van der Waals surface area contributed by atoms with Gasteiger partial charge in [-0.25, -0.2) is 0 Å². The zero-order chi connectivity index (χ0) is 13.3. The molecule has 2 unspecified atom stereocenters. The molecule has 1 heterocycles. The number of carbonyl (C=O) groups excluding carboxylic acids is 1. The van der Waals surface area contributed by atoms with Crippen molar-refractivity contribution in [3.05, 3.63) is 28.2 Å². The number of hydrogen-bond donors (Lipinski definition) is 0. The second kappa shape index (κ2) is 5.43. The second-order valence-corrected chi connectivity index (χ2v) is 5.98. The molecule has 1 aliphatic heterocycles. The fraction of sp³-hybridized carbons (Fsp3) is 0.533. The molecule has 1 aliphatic rings. The topological polar surface area (TPSA) is 20.3 Å². The Hall–Kier alpha value is -0.830. The number of Topliss-reactive ketones (excluding diaryl/α,β-unsaturated/α-hetero) is 1. The Morgan fingerprint density at radius 3 is 2.78 bits per heavy atom. The molecule has 0 saturated carbocycles. The number of ketones is 1. The molecule has 1 aromatic rings. The third-order valence-corrected chi connectivity index (χ3v) is 4.55. The van der Waals surface area contributed by atoms with Crippen molar-refractivity contribution in [2.45, 2.75) is 39.7 Å². The zero-order valence-electron chi connectivity index (χ0n) is 11.2. The van der Waals surface area contributed by atoms with E-state index in [1.165, 1.54) is 11.3 Å². The average molecular weight is 310 g/mol. The summed E-state index contributed by atoms with van der Waals surface area (Å²) >= 11 is 3.53. The Labute approximate surface area is 117 Å². The van der Waals surface area contributed by atoms with Gasteiger partial charge in [0.2, 0.25) is 0 Å². The molecule has 0 spiro atoms. The standard InChI is InChI=1S/C15H20BrNO/c1-4-12-9-13(16)5-6-14(12)17-8-7-15(18)10(2)11(17)3/h5-6,9-11H,4,7-8H2,1-3H3. The van der Waals surface area contributed by atoms with Crippen LogP contribution in [0.5, 0.6) is 0 Å². The summed E-state index contributed by atoms with van der Waals surface area (Å²) in [7, 11) is 0. The maximum absolute atomic E-state index is 11.8. The lowest BCUT2D eigenvalue weighted by Gasteiger charge is -2.39. The number of benzene rings is 1. The maximum atomic E-state index is 11.8. The highest BCUT2D eigenvalue weighted by atomic mass is 79.9. The van der Waals surface area contributed by atoms with Crippen molar-refractivity contribution >= 4 is 27.4 Å². The molecule has 2 nitrogen and oxygen atoms in total. The summed E-state index contributed by atoms with van der Waals surface area (Å²) in [5.74, 6) is 0.529. The van der Waals surface area contributed by atoms with Gasteiger partial charge in [0.05, 0.1) is 0 Å². The summed E-state index contributed by atoms with van der Waals surface area (Å²) in [5.41, 5.74) is 2.63.